The van der Waals surface area contributed by atoms with E-state index in [9.17, 15) is 14.7 Å². The van der Waals surface area contributed by atoms with Crippen LogP contribution in [-0.2, 0) is 27.1 Å². The fourth-order valence-electron chi connectivity index (χ4n) is 2.80. The lowest BCUT2D eigenvalue weighted by atomic mass is 10.2. The van der Waals surface area contributed by atoms with Crippen LogP contribution in [-0.4, -0.2) is 36.5 Å². The summed E-state index contributed by atoms with van der Waals surface area (Å²) in [6.45, 7) is 0.111. The van der Waals surface area contributed by atoms with Crippen LogP contribution in [0.2, 0.25) is 0 Å². The van der Waals surface area contributed by atoms with Gasteiger partial charge in [-0.2, -0.15) is 5.26 Å². The van der Waals surface area contributed by atoms with Gasteiger partial charge in [-0.15, -0.1) is 0 Å². The van der Waals surface area contributed by atoms with E-state index in [1.165, 1.54) is 29.6 Å². The molecule has 3 rings (SSSR count). The van der Waals surface area contributed by atoms with Crippen molar-refractivity contribution >= 4 is 11.2 Å². The van der Waals surface area contributed by atoms with Crippen molar-refractivity contribution in [3.8, 4) is 11.8 Å². The fraction of sp³-hybridized carbons (Fsp3) is 0.333. The molecule has 0 spiro atoms. The van der Waals surface area contributed by atoms with Crippen LogP contribution in [0.5, 0.6) is 5.75 Å². The molecule has 0 aliphatic carbocycles. The van der Waals surface area contributed by atoms with Gasteiger partial charge in [0.25, 0.3) is 5.56 Å². The minimum Gasteiger partial charge on any atom is -0.491 e. The molecule has 0 aliphatic heterocycles. The molecule has 1 aromatic carbocycles. The first-order chi connectivity index (χ1) is 12.9. The second-order valence-electron chi connectivity index (χ2n) is 6.22. The normalized spacial score (nSPS) is 12.1. The van der Waals surface area contributed by atoms with Crippen LogP contribution < -0.4 is 16.0 Å². The molecule has 0 unspecified atom stereocenters. The van der Waals surface area contributed by atoms with Crippen LogP contribution in [0.1, 0.15) is 5.56 Å². The van der Waals surface area contributed by atoms with E-state index in [4.69, 9.17) is 10.00 Å². The SMILES string of the molecule is Cn1c(=O)c2c(ncn2C[C@H](O)COc2ccc(CC#N)cc2)n(C)c1=O. The van der Waals surface area contributed by atoms with Gasteiger partial charge < -0.3 is 14.4 Å². The second kappa shape index (κ2) is 7.47. The third-order valence-electron chi connectivity index (χ3n) is 4.27. The molecule has 2 heterocycles. The fourth-order valence-corrected chi connectivity index (χ4v) is 2.80. The van der Waals surface area contributed by atoms with Gasteiger partial charge in [-0.3, -0.25) is 13.9 Å². The summed E-state index contributed by atoms with van der Waals surface area (Å²) >= 11 is 0. The third kappa shape index (κ3) is 3.61. The van der Waals surface area contributed by atoms with Crippen molar-refractivity contribution in [1.82, 2.24) is 18.7 Å². The summed E-state index contributed by atoms with van der Waals surface area (Å²) in [7, 11) is 2.94. The zero-order chi connectivity index (χ0) is 19.6. The molecule has 27 heavy (non-hydrogen) atoms. The number of aliphatic hydroxyl groups excluding tert-OH is 1. The lowest BCUT2D eigenvalue weighted by molar-refractivity contribution is 0.0933. The minimum atomic E-state index is -0.886. The van der Waals surface area contributed by atoms with Crippen LogP contribution in [0.4, 0.5) is 0 Å². The first-order valence-corrected chi connectivity index (χ1v) is 8.30. The smallest absolute Gasteiger partial charge is 0.332 e. The van der Waals surface area contributed by atoms with E-state index < -0.39 is 17.4 Å². The van der Waals surface area contributed by atoms with Crippen LogP contribution in [0, 0.1) is 11.3 Å². The number of fused-ring (bicyclic) bond motifs is 1. The Bertz CT molecular complexity index is 1120. The molecule has 0 radical (unpaired) electrons. The van der Waals surface area contributed by atoms with Gasteiger partial charge in [0.2, 0.25) is 0 Å². The summed E-state index contributed by atoms with van der Waals surface area (Å²) in [6, 6.07) is 9.12. The van der Waals surface area contributed by atoms with Gasteiger partial charge in [0.05, 0.1) is 25.4 Å². The molecular weight excluding hydrogens is 350 g/mol. The third-order valence-corrected chi connectivity index (χ3v) is 4.27. The van der Waals surface area contributed by atoms with Gasteiger partial charge in [-0.1, -0.05) is 12.1 Å². The average molecular weight is 369 g/mol. The van der Waals surface area contributed by atoms with Crippen LogP contribution in [0.25, 0.3) is 11.2 Å². The number of rotatable bonds is 6. The number of nitriles is 1. The Morgan fingerprint density at radius 3 is 2.59 bits per heavy atom. The standard InChI is InChI=1S/C18H19N5O4/c1-21-16-15(17(25)22(2)18(21)26)23(11-20-16)9-13(24)10-27-14-5-3-12(4-6-14)7-8-19/h3-6,11,13,24H,7,9-10H2,1-2H3/t13-/m0/s1. The largest absolute Gasteiger partial charge is 0.491 e. The number of ether oxygens (including phenoxy) is 1. The molecule has 3 aromatic rings. The average Bonchev–Trinajstić information content (AvgIpc) is 3.08. The maximum Gasteiger partial charge on any atom is 0.332 e. The monoisotopic (exact) mass is 369 g/mol. The van der Waals surface area contributed by atoms with Crippen LogP contribution >= 0.6 is 0 Å². The number of benzene rings is 1. The van der Waals surface area contributed by atoms with Crippen LogP contribution in [0.3, 0.4) is 0 Å². The van der Waals surface area contributed by atoms with Gasteiger partial charge >= 0.3 is 5.69 Å². The Labute approximate surface area is 154 Å². The zero-order valence-electron chi connectivity index (χ0n) is 15.0. The molecule has 0 saturated heterocycles. The highest BCUT2D eigenvalue weighted by molar-refractivity contribution is 5.69. The summed E-state index contributed by atoms with van der Waals surface area (Å²) in [4.78, 5) is 28.4. The number of nitrogens with zero attached hydrogens (tertiary/aromatic N) is 5. The van der Waals surface area contributed by atoms with Crippen molar-refractivity contribution in [2.75, 3.05) is 6.61 Å². The van der Waals surface area contributed by atoms with Crippen molar-refractivity contribution in [1.29, 1.82) is 5.26 Å². The van der Waals surface area contributed by atoms with Crippen molar-refractivity contribution in [3.63, 3.8) is 0 Å². The number of aromatic nitrogens is 4. The Hall–Kier alpha value is -3.38. The Morgan fingerprint density at radius 1 is 1.22 bits per heavy atom. The maximum absolute atomic E-state index is 12.4. The molecule has 1 atom stereocenters. The van der Waals surface area contributed by atoms with Crippen LogP contribution in [0.15, 0.2) is 40.2 Å². The maximum atomic E-state index is 12.4. The van der Waals surface area contributed by atoms with E-state index in [0.29, 0.717) is 12.2 Å². The zero-order valence-corrected chi connectivity index (χ0v) is 15.0. The predicted molar refractivity (Wildman–Crippen MR) is 97.5 cm³/mol. The molecule has 1 N–H and O–H groups in total. The molecule has 140 valence electrons. The van der Waals surface area contributed by atoms with E-state index in [-0.39, 0.29) is 24.3 Å². The number of hydrogen-bond donors (Lipinski definition) is 1. The van der Waals surface area contributed by atoms with E-state index >= 15 is 0 Å². The number of aryl methyl sites for hydroxylation is 1. The van der Waals surface area contributed by atoms with E-state index in [1.807, 2.05) is 0 Å². The molecule has 9 heteroatoms. The summed E-state index contributed by atoms with van der Waals surface area (Å²) in [5, 5.41) is 18.9. The molecular formula is C18H19N5O4. The molecule has 0 aliphatic rings. The number of aliphatic hydroxyl groups is 1. The molecule has 0 amide bonds. The van der Waals surface area contributed by atoms with Gasteiger partial charge in [0.1, 0.15) is 18.5 Å². The van der Waals surface area contributed by atoms with Crippen molar-refractivity contribution in [2.24, 2.45) is 14.1 Å². The molecule has 0 saturated carbocycles. The van der Waals surface area contributed by atoms with Gasteiger partial charge in [-0.05, 0) is 17.7 Å². The Balaban J connectivity index is 1.73. The molecule has 0 bridgehead atoms. The first-order valence-electron chi connectivity index (χ1n) is 8.30. The summed E-state index contributed by atoms with van der Waals surface area (Å²) in [5.41, 5.74) is 0.480. The summed E-state index contributed by atoms with van der Waals surface area (Å²) < 4.78 is 9.37. The first kappa shape index (κ1) is 18.4. The highest BCUT2D eigenvalue weighted by Crippen LogP contribution is 2.13. The van der Waals surface area contributed by atoms with Crippen molar-refractivity contribution in [3.05, 3.63) is 57.0 Å². The van der Waals surface area contributed by atoms with Gasteiger partial charge in [-0.25, -0.2) is 9.78 Å². The molecule has 2 aromatic heterocycles. The minimum absolute atomic E-state index is 0.0172. The van der Waals surface area contributed by atoms with Gasteiger partial charge in [0, 0.05) is 14.1 Å². The molecule has 9 nitrogen and oxygen atoms in total. The predicted octanol–water partition coefficient (Wildman–Crippen LogP) is -0.0603. The lowest BCUT2D eigenvalue weighted by Crippen LogP contribution is -2.38. The van der Waals surface area contributed by atoms with Gasteiger partial charge in [0.15, 0.2) is 11.2 Å². The van der Waals surface area contributed by atoms with Crippen molar-refractivity contribution < 1.29 is 9.84 Å². The number of hydrogen-bond acceptors (Lipinski definition) is 6. The topological polar surface area (TPSA) is 115 Å². The van der Waals surface area contributed by atoms with E-state index in [1.54, 1.807) is 24.3 Å². The highest BCUT2D eigenvalue weighted by atomic mass is 16.5. The van der Waals surface area contributed by atoms with E-state index in [2.05, 4.69) is 11.1 Å². The quantitative estimate of drug-likeness (QED) is 0.651. The molecule has 0 fully saturated rings. The Morgan fingerprint density at radius 2 is 1.93 bits per heavy atom. The highest BCUT2D eigenvalue weighted by Gasteiger charge is 2.16. The summed E-state index contributed by atoms with van der Waals surface area (Å²) in [5.74, 6) is 0.574. The van der Waals surface area contributed by atoms with E-state index in [0.717, 1.165) is 10.1 Å². The number of imidazole rings is 1. The lowest BCUT2D eigenvalue weighted by Gasteiger charge is -2.14. The summed E-state index contributed by atoms with van der Waals surface area (Å²) in [6.07, 6.45) is 0.863. The Kier molecular flexibility index (Phi) is 5.09. The van der Waals surface area contributed by atoms with Crippen molar-refractivity contribution in [2.45, 2.75) is 19.1 Å². The second-order valence-corrected chi connectivity index (χ2v) is 6.22.